The first-order valence-corrected chi connectivity index (χ1v) is 14.7. The average Bonchev–Trinajstić information content (AvgIpc) is 2.71. The SMILES string of the molecule is CC(C)C1CC[C@@H]2C(CCC3[C@@](C)(Cc4c(C(C)(C)C)[c]ccc4C(C)(C)C)CCC[C@@]32C)C1. The van der Waals surface area contributed by atoms with Gasteiger partial charge in [-0.15, -0.1) is 0 Å². The van der Waals surface area contributed by atoms with Gasteiger partial charge in [0, 0.05) is 0 Å². The van der Waals surface area contributed by atoms with E-state index in [9.17, 15) is 0 Å². The molecule has 6 atom stereocenters. The lowest BCUT2D eigenvalue weighted by atomic mass is 9.43. The number of benzene rings is 1. The van der Waals surface area contributed by atoms with Gasteiger partial charge in [0.2, 0.25) is 0 Å². The van der Waals surface area contributed by atoms with Gasteiger partial charge in [-0.3, -0.25) is 0 Å². The molecule has 3 aliphatic rings. The first kappa shape index (κ1) is 26.3. The van der Waals surface area contributed by atoms with E-state index in [1.54, 1.807) is 11.1 Å². The molecule has 34 heavy (non-hydrogen) atoms. The van der Waals surface area contributed by atoms with Crippen LogP contribution in [-0.4, -0.2) is 0 Å². The van der Waals surface area contributed by atoms with E-state index in [4.69, 9.17) is 0 Å². The van der Waals surface area contributed by atoms with Gasteiger partial charge in [-0.1, -0.05) is 87.8 Å². The monoisotopic (exact) mass is 463 g/mol. The summed E-state index contributed by atoms with van der Waals surface area (Å²) >= 11 is 0. The van der Waals surface area contributed by atoms with E-state index >= 15 is 0 Å². The minimum absolute atomic E-state index is 0.137. The lowest BCUT2D eigenvalue weighted by Gasteiger charge is -2.62. The van der Waals surface area contributed by atoms with E-state index in [2.05, 4.69) is 87.4 Å². The largest absolute Gasteiger partial charge is 0.0625 e. The fraction of sp³-hybridized carbons (Fsp3) is 0.824. The van der Waals surface area contributed by atoms with Crippen LogP contribution in [0.4, 0.5) is 0 Å². The van der Waals surface area contributed by atoms with Crippen molar-refractivity contribution in [3.05, 3.63) is 34.9 Å². The molecule has 0 N–H and O–H groups in total. The zero-order valence-corrected chi connectivity index (χ0v) is 24.4. The molecule has 0 amide bonds. The molecular weight excluding hydrogens is 408 g/mol. The minimum Gasteiger partial charge on any atom is -0.0625 e. The summed E-state index contributed by atoms with van der Waals surface area (Å²) in [5.74, 6) is 4.66. The Morgan fingerprint density at radius 3 is 2.26 bits per heavy atom. The van der Waals surface area contributed by atoms with Gasteiger partial charge in [-0.2, -0.15) is 0 Å². The minimum atomic E-state index is 0.137. The molecule has 0 heteroatoms. The smallest absolute Gasteiger partial charge is 0.0123 e. The van der Waals surface area contributed by atoms with Crippen molar-refractivity contribution in [3.63, 3.8) is 0 Å². The first-order chi connectivity index (χ1) is 15.7. The van der Waals surface area contributed by atoms with Gasteiger partial charge in [0.15, 0.2) is 0 Å². The zero-order chi connectivity index (χ0) is 25.1. The van der Waals surface area contributed by atoms with Crippen LogP contribution in [0, 0.1) is 46.5 Å². The van der Waals surface area contributed by atoms with E-state index in [0.29, 0.717) is 10.8 Å². The molecule has 1 aromatic rings. The third kappa shape index (κ3) is 4.66. The summed E-state index contributed by atoms with van der Waals surface area (Å²) in [5.41, 5.74) is 5.93. The van der Waals surface area contributed by atoms with Crippen molar-refractivity contribution in [3.8, 4) is 0 Å². The molecule has 3 aliphatic carbocycles. The van der Waals surface area contributed by atoms with Crippen LogP contribution in [0.2, 0.25) is 0 Å². The van der Waals surface area contributed by atoms with E-state index in [-0.39, 0.29) is 10.8 Å². The molecule has 0 heterocycles. The fourth-order valence-corrected chi connectivity index (χ4v) is 9.32. The van der Waals surface area contributed by atoms with Crippen LogP contribution >= 0.6 is 0 Å². The standard InChI is InChI=1S/C34H55/c1-23(2)24-15-17-27-25(21-24)16-18-30-33(9,19-12-20-34(27,30)10)22-26-28(31(3,4)5)13-11-14-29(26)32(6,7)8/h11,13,23-25,27,30H,12,15-22H2,1-10H3/t24?,25?,27-,30?,33-,34-/m1/s1. The maximum atomic E-state index is 3.74. The van der Waals surface area contributed by atoms with Crippen molar-refractivity contribution in [2.75, 3.05) is 0 Å². The predicted octanol–water partition coefficient (Wildman–Crippen LogP) is 9.92. The lowest BCUT2D eigenvalue weighted by molar-refractivity contribution is -0.122. The van der Waals surface area contributed by atoms with Crippen LogP contribution in [0.3, 0.4) is 0 Å². The summed E-state index contributed by atoms with van der Waals surface area (Å²) in [6.45, 7) is 24.8. The molecule has 0 saturated heterocycles. The highest BCUT2D eigenvalue weighted by atomic mass is 14.6. The molecule has 3 unspecified atom stereocenters. The summed E-state index contributed by atoms with van der Waals surface area (Å²) in [7, 11) is 0. The van der Waals surface area contributed by atoms with Gasteiger partial charge < -0.3 is 0 Å². The van der Waals surface area contributed by atoms with E-state index < -0.39 is 0 Å². The Labute approximate surface area is 213 Å². The molecule has 0 aliphatic heterocycles. The third-order valence-corrected chi connectivity index (χ3v) is 11.0. The van der Waals surface area contributed by atoms with Crippen molar-refractivity contribution in [2.45, 2.75) is 138 Å². The van der Waals surface area contributed by atoms with Crippen molar-refractivity contribution < 1.29 is 0 Å². The number of rotatable bonds is 3. The quantitative estimate of drug-likeness (QED) is 0.418. The Kier molecular flexibility index (Phi) is 6.92. The Balaban J connectivity index is 1.70. The van der Waals surface area contributed by atoms with E-state index in [1.807, 2.05) is 0 Å². The maximum absolute atomic E-state index is 3.74. The summed E-state index contributed by atoms with van der Waals surface area (Å²) in [6.07, 6.45) is 13.0. The van der Waals surface area contributed by atoms with Gasteiger partial charge in [0.25, 0.3) is 0 Å². The Morgan fingerprint density at radius 2 is 1.65 bits per heavy atom. The van der Waals surface area contributed by atoms with Gasteiger partial charge in [-0.25, -0.2) is 0 Å². The van der Waals surface area contributed by atoms with Crippen LogP contribution in [0.15, 0.2) is 12.1 Å². The molecule has 191 valence electrons. The summed E-state index contributed by atoms with van der Waals surface area (Å²) in [6, 6.07) is 8.33. The van der Waals surface area contributed by atoms with Crippen molar-refractivity contribution in [2.24, 2.45) is 40.4 Å². The predicted molar refractivity (Wildman–Crippen MR) is 148 cm³/mol. The first-order valence-electron chi connectivity index (χ1n) is 14.7. The molecule has 3 fully saturated rings. The second kappa shape index (κ2) is 8.95. The molecule has 0 aromatic heterocycles. The molecule has 0 spiro atoms. The normalized spacial score (nSPS) is 36.8. The molecule has 3 saturated carbocycles. The topological polar surface area (TPSA) is 0 Å². The average molecular weight is 464 g/mol. The van der Waals surface area contributed by atoms with Crippen LogP contribution in [0.5, 0.6) is 0 Å². The maximum Gasteiger partial charge on any atom is -0.0123 e. The number of fused-ring (bicyclic) bond motifs is 3. The summed E-state index contributed by atoms with van der Waals surface area (Å²) in [5, 5.41) is 0. The molecule has 1 radical (unpaired) electrons. The van der Waals surface area contributed by atoms with Gasteiger partial charge in [0.05, 0.1) is 0 Å². The molecule has 0 bridgehead atoms. The third-order valence-electron chi connectivity index (χ3n) is 11.0. The molecule has 0 nitrogen and oxygen atoms in total. The van der Waals surface area contributed by atoms with Gasteiger partial charge in [-0.05, 0) is 125 Å². The zero-order valence-electron chi connectivity index (χ0n) is 24.4. The Morgan fingerprint density at radius 1 is 0.941 bits per heavy atom. The van der Waals surface area contributed by atoms with Gasteiger partial charge >= 0.3 is 0 Å². The van der Waals surface area contributed by atoms with Gasteiger partial charge in [0.1, 0.15) is 0 Å². The number of hydrogen-bond acceptors (Lipinski definition) is 0. The van der Waals surface area contributed by atoms with Crippen molar-refractivity contribution in [1.29, 1.82) is 0 Å². The lowest BCUT2D eigenvalue weighted by Crippen LogP contribution is -2.54. The van der Waals surface area contributed by atoms with Crippen LogP contribution in [0.1, 0.15) is 137 Å². The number of hydrogen-bond donors (Lipinski definition) is 0. The highest BCUT2D eigenvalue weighted by Gasteiger charge is 2.57. The fourth-order valence-electron chi connectivity index (χ4n) is 9.32. The highest BCUT2D eigenvalue weighted by Crippen LogP contribution is 2.65. The highest BCUT2D eigenvalue weighted by molar-refractivity contribution is 5.43. The van der Waals surface area contributed by atoms with Crippen LogP contribution in [0.25, 0.3) is 0 Å². The second-order valence-corrected chi connectivity index (χ2v) is 15.7. The second-order valence-electron chi connectivity index (χ2n) is 15.7. The van der Waals surface area contributed by atoms with Crippen molar-refractivity contribution in [1.82, 2.24) is 0 Å². The van der Waals surface area contributed by atoms with Crippen LogP contribution < -0.4 is 0 Å². The molecular formula is C34H55. The molecule has 1 aromatic carbocycles. The summed E-state index contributed by atoms with van der Waals surface area (Å²) in [4.78, 5) is 0. The molecule has 4 rings (SSSR count). The van der Waals surface area contributed by atoms with E-state index in [1.165, 1.54) is 63.4 Å². The van der Waals surface area contributed by atoms with Crippen molar-refractivity contribution >= 4 is 0 Å². The Bertz CT molecular complexity index is 829. The van der Waals surface area contributed by atoms with Crippen LogP contribution in [-0.2, 0) is 17.3 Å². The van der Waals surface area contributed by atoms with E-state index in [0.717, 1.165) is 29.6 Å². The Hall–Kier alpha value is -0.780. The summed E-state index contributed by atoms with van der Waals surface area (Å²) < 4.78 is 0.